The van der Waals surface area contributed by atoms with Gasteiger partial charge in [0, 0.05) is 19.1 Å². The third-order valence-corrected chi connectivity index (χ3v) is 2.75. The minimum absolute atomic E-state index is 0. The Morgan fingerprint density at radius 2 is 1.94 bits per heavy atom. The van der Waals surface area contributed by atoms with E-state index in [-0.39, 0.29) is 18.3 Å². The fraction of sp³-hybridized carbons (Fsp3) is 0.900. The van der Waals surface area contributed by atoms with Crippen LogP contribution in [0.2, 0.25) is 0 Å². The first-order valence-corrected chi connectivity index (χ1v) is 5.52. The molecule has 0 unspecified atom stereocenters. The van der Waals surface area contributed by atoms with Gasteiger partial charge in [-0.2, -0.15) is 13.2 Å². The maximum absolute atomic E-state index is 11.8. The predicted octanol–water partition coefficient (Wildman–Crippen LogP) is 1.20. The van der Waals surface area contributed by atoms with Gasteiger partial charge in [-0.1, -0.05) is 0 Å². The standard InChI is InChI=1S/C10H17F3N2O2.ClH/c1-14-8-2-4-15(5-3-8)9(16)6-17-7-10(11,12)13;/h8,14H,2-7H2,1H3;1H. The van der Waals surface area contributed by atoms with E-state index >= 15 is 0 Å². The van der Waals surface area contributed by atoms with E-state index in [1.54, 1.807) is 4.90 Å². The highest BCUT2D eigenvalue weighted by Crippen LogP contribution is 2.15. The van der Waals surface area contributed by atoms with E-state index in [0.29, 0.717) is 19.1 Å². The molecule has 108 valence electrons. The number of ether oxygens (including phenoxy) is 1. The van der Waals surface area contributed by atoms with Crippen molar-refractivity contribution in [1.82, 2.24) is 10.2 Å². The summed E-state index contributed by atoms with van der Waals surface area (Å²) in [5.74, 6) is -0.371. The summed E-state index contributed by atoms with van der Waals surface area (Å²) in [5.41, 5.74) is 0. The zero-order chi connectivity index (χ0) is 12.9. The van der Waals surface area contributed by atoms with Gasteiger partial charge in [0.1, 0.15) is 13.2 Å². The lowest BCUT2D eigenvalue weighted by Gasteiger charge is -2.31. The van der Waals surface area contributed by atoms with Crippen molar-refractivity contribution in [2.45, 2.75) is 25.1 Å². The number of carbonyl (C=O) groups excluding carboxylic acids is 1. The van der Waals surface area contributed by atoms with Crippen molar-refractivity contribution < 1.29 is 22.7 Å². The van der Waals surface area contributed by atoms with E-state index in [4.69, 9.17) is 0 Å². The Bertz CT molecular complexity index is 256. The van der Waals surface area contributed by atoms with E-state index in [1.807, 2.05) is 7.05 Å². The van der Waals surface area contributed by atoms with Crippen LogP contribution in [-0.4, -0.2) is 56.4 Å². The Balaban J connectivity index is 0.00000289. The second kappa shape index (κ2) is 7.81. The molecule has 18 heavy (non-hydrogen) atoms. The summed E-state index contributed by atoms with van der Waals surface area (Å²) in [6, 6.07) is 0.384. The van der Waals surface area contributed by atoms with Gasteiger partial charge in [-0.25, -0.2) is 0 Å². The van der Waals surface area contributed by atoms with Crippen LogP contribution in [0.25, 0.3) is 0 Å². The van der Waals surface area contributed by atoms with E-state index in [9.17, 15) is 18.0 Å². The summed E-state index contributed by atoms with van der Waals surface area (Å²) in [5, 5.41) is 3.11. The maximum atomic E-state index is 11.8. The molecule has 1 rings (SSSR count). The van der Waals surface area contributed by atoms with Gasteiger partial charge >= 0.3 is 6.18 Å². The highest BCUT2D eigenvalue weighted by atomic mass is 35.5. The highest BCUT2D eigenvalue weighted by Gasteiger charge is 2.28. The Morgan fingerprint density at radius 1 is 1.39 bits per heavy atom. The van der Waals surface area contributed by atoms with Gasteiger partial charge in [0.05, 0.1) is 0 Å². The number of halogens is 4. The number of nitrogens with zero attached hydrogens (tertiary/aromatic N) is 1. The van der Waals surface area contributed by atoms with Gasteiger partial charge in [-0.15, -0.1) is 12.4 Å². The first-order valence-electron chi connectivity index (χ1n) is 5.52. The van der Waals surface area contributed by atoms with Crippen LogP contribution in [-0.2, 0) is 9.53 Å². The molecular weight excluding hydrogens is 273 g/mol. The Morgan fingerprint density at radius 3 is 2.39 bits per heavy atom. The summed E-state index contributed by atoms with van der Waals surface area (Å²) in [7, 11) is 1.86. The van der Waals surface area contributed by atoms with Gasteiger partial charge in [-0.3, -0.25) is 4.79 Å². The van der Waals surface area contributed by atoms with Crippen LogP contribution in [0.1, 0.15) is 12.8 Å². The molecule has 8 heteroatoms. The van der Waals surface area contributed by atoms with Crippen LogP contribution in [0, 0.1) is 0 Å². The highest BCUT2D eigenvalue weighted by molar-refractivity contribution is 5.85. The van der Waals surface area contributed by atoms with Gasteiger partial charge in [0.2, 0.25) is 5.91 Å². The smallest absolute Gasteiger partial charge is 0.362 e. The minimum Gasteiger partial charge on any atom is -0.362 e. The van der Waals surface area contributed by atoms with E-state index in [0.717, 1.165) is 12.8 Å². The van der Waals surface area contributed by atoms with Crippen LogP contribution in [0.15, 0.2) is 0 Å². The predicted molar refractivity (Wildman–Crippen MR) is 62.8 cm³/mol. The Labute approximate surface area is 110 Å². The quantitative estimate of drug-likeness (QED) is 0.846. The van der Waals surface area contributed by atoms with Crippen LogP contribution < -0.4 is 5.32 Å². The average molecular weight is 291 g/mol. The SMILES string of the molecule is CNC1CCN(C(=O)COCC(F)(F)F)CC1.Cl. The zero-order valence-electron chi connectivity index (χ0n) is 10.1. The van der Waals surface area contributed by atoms with Crippen molar-refractivity contribution in [2.75, 3.05) is 33.4 Å². The van der Waals surface area contributed by atoms with Gasteiger partial charge in [-0.05, 0) is 19.9 Å². The number of piperidine rings is 1. The molecule has 0 atom stereocenters. The molecule has 0 radical (unpaired) electrons. The molecule has 1 aliphatic heterocycles. The van der Waals surface area contributed by atoms with E-state index < -0.39 is 19.4 Å². The lowest BCUT2D eigenvalue weighted by Crippen LogP contribution is -2.45. The third-order valence-electron chi connectivity index (χ3n) is 2.75. The minimum atomic E-state index is -4.38. The van der Waals surface area contributed by atoms with Crippen molar-refractivity contribution in [2.24, 2.45) is 0 Å². The first-order chi connectivity index (χ1) is 7.92. The van der Waals surface area contributed by atoms with Crippen LogP contribution in [0.5, 0.6) is 0 Å². The maximum Gasteiger partial charge on any atom is 0.411 e. The molecule has 1 aliphatic rings. The molecule has 1 heterocycles. The molecule has 1 N–H and O–H groups in total. The molecular formula is C10H18ClF3N2O2. The number of rotatable bonds is 4. The summed E-state index contributed by atoms with van der Waals surface area (Å²) < 4.78 is 39.7. The summed E-state index contributed by atoms with van der Waals surface area (Å²) in [6.45, 7) is -0.727. The monoisotopic (exact) mass is 290 g/mol. The molecule has 1 saturated heterocycles. The molecule has 0 bridgehead atoms. The van der Waals surface area contributed by atoms with Crippen LogP contribution in [0.3, 0.4) is 0 Å². The number of hydrogen-bond acceptors (Lipinski definition) is 3. The average Bonchev–Trinajstić information content (AvgIpc) is 2.27. The molecule has 0 saturated carbocycles. The van der Waals surface area contributed by atoms with Gasteiger partial charge in [0.25, 0.3) is 0 Å². The molecule has 0 aliphatic carbocycles. The first kappa shape index (κ1) is 17.5. The lowest BCUT2D eigenvalue weighted by molar-refractivity contribution is -0.178. The second-order valence-electron chi connectivity index (χ2n) is 4.05. The molecule has 1 fully saturated rings. The second-order valence-corrected chi connectivity index (χ2v) is 4.05. The Hall–Kier alpha value is -0.530. The zero-order valence-corrected chi connectivity index (χ0v) is 10.9. The molecule has 0 aromatic heterocycles. The van der Waals surface area contributed by atoms with Gasteiger partial charge < -0.3 is 15.0 Å². The fourth-order valence-electron chi connectivity index (χ4n) is 1.76. The molecule has 4 nitrogen and oxygen atoms in total. The van der Waals surface area contributed by atoms with E-state index in [2.05, 4.69) is 10.1 Å². The number of amides is 1. The number of nitrogens with one attached hydrogen (secondary N) is 1. The summed E-state index contributed by atoms with van der Waals surface area (Å²) >= 11 is 0. The largest absolute Gasteiger partial charge is 0.411 e. The molecule has 0 aromatic rings. The molecule has 0 spiro atoms. The van der Waals surface area contributed by atoms with Crippen molar-refractivity contribution >= 4 is 18.3 Å². The molecule has 1 amide bonds. The number of likely N-dealkylation sites (tertiary alicyclic amines) is 1. The van der Waals surface area contributed by atoms with Crippen LogP contribution in [0.4, 0.5) is 13.2 Å². The summed E-state index contributed by atoms with van der Waals surface area (Å²) in [4.78, 5) is 13.0. The van der Waals surface area contributed by atoms with Crippen LogP contribution >= 0.6 is 12.4 Å². The fourth-order valence-corrected chi connectivity index (χ4v) is 1.76. The van der Waals surface area contributed by atoms with Crippen molar-refractivity contribution in [1.29, 1.82) is 0 Å². The number of hydrogen-bond donors (Lipinski definition) is 1. The lowest BCUT2D eigenvalue weighted by atomic mass is 10.1. The molecule has 0 aromatic carbocycles. The van der Waals surface area contributed by atoms with E-state index in [1.165, 1.54) is 0 Å². The number of alkyl halides is 3. The van der Waals surface area contributed by atoms with Crippen molar-refractivity contribution in [3.05, 3.63) is 0 Å². The normalized spacial score (nSPS) is 17.4. The number of carbonyl (C=O) groups is 1. The van der Waals surface area contributed by atoms with Crippen molar-refractivity contribution in [3.63, 3.8) is 0 Å². The Kier molecular flexibility index (Phi) is 7.58. The topological polar surface area (TPSA) is 41.6 Å². The van der Waals surface area contributed by atoms with Crippen molar-refractivity contribution in [3.8, 4) is 0 Å². The van der Waals surface area contributed by atoms with Gasteiger partial charge in [0.15, 0.2) is 0 Å². The summed E-state index contributed by atoms with van der Waals surface area (Å²) in [6.07, 6.45) is -2.73. The third kappa shape index (κ3) is 6.42.